The highest BCUT2D eigenvalue weighted by molar-refractivity contribution is 6.30. The van der Waals surface area contributed by atoms with Gasteiger partial charge in [0.05, 0.1) is 11.6 Å². The van der Waals surface area contributed by atoms with Gasteiger partial charge >= 0.3 is 0 Å². The minimum atomic E-state index is -0.0587. The molecule has 0 radical (unpaired) electrons. The fourth-order valence-corrected chi connectivity index (χ4v) is 1.98. The highest BCUT2D eigenvalue weighted by atomic mass is 35.5. The van der Waals surface area contributed by atoms with E-state index < -0.39 is 0 Å². The largest absolute Gasteiger partial charge is 0.326 e. The van der Waals surface area contributed by atoms with Crippen LogP contribution in [0.25, 0.3) is 0 Å². The number of nitrogens with one attached hydrogen (secondary N) is 1. The lowest BCUT2D eigenvalue weighted by molar-refractivity contribution is -0.116. The van der Waals surface area contributed by atoms with Gasteiger partial charge in [-0.2, -0.15) is 5.26 Å². The SMILES string of the molecule is N#Cc1ccc(CCC(=O)Nc2cccc(Cl)c2)cc1. The van der Waals surface area contributed by atoms with Gasteiger partial charge in [0.2, 0.25) is 5.91 Å². The van der Waals surface area contributed by atoms with Gasteiger partial charge in [0, 0.05) is 17.1 Å². The highest BCUT2D eigenvalue weighted by Gasteiger charge is 2.03. The third-order valence-corrected chi connectivity index (χ3v) is 3.07. The molecule has 0 heterocycles. The average Bonchev–Trinajstić information content (AvgIpc) is 2.46. The number of benzene rings is 2. The second-order valence-corrected chi connectivity index (χ2v) is 4.80. The van der Waals surface area contributed by atoms with Crippen molar-refractivity contribution in [1.29, 1.82) is 5.26 Å². The Labute approximate surface area is 122 Å². The van der Waals surface area contributed by atoms with Gasteiger partial charge in [0.25, 0.3) is 0 Å². The molecule has 0 aliphatic rings. The maximum Gasteiger partial charge on any atom is 0.224 e. The lowest BCUT2D eigenvalue weighted by Gasteiger charge is -2.05. The van der Waals surface area contributed by atoms with Gasteiger partial charge in [0.15, 0.2) is 0 Å². The quantitative estimate of drug-likeness (QED) is 0.929. The molecule has 3 nitrogen and oxygen atoms in total. The van der Waals surface area contributed by atoms with E-state index in [1.54, 1.807) is 36.4 Å². The first-order chi connectivity index (χ1) is 9.67. The Hall–Kier alpha value is -2.31. The van der Waals surface area contributed by atoms with E-state index in [0.29, 0.717) is 29.1 Å². The van der Waals surface area contributed by atoms with Crippen LogP contribution >= 0.6 is 11.6 Å². The number of halogens is 1. The number of nitrogens with zero attached hydrogens (tertiary/aromatic N) is 1. The normalized spacial score (nSPS) is 9.80. The molecule has 0 fully saturated rings. The number of anilines is 1. The van der Waals surface area contributed by atoms with Crippen molar-refractivity contribution in [3.8, 4) is 6.07 Å². The van der Waals surface area contributed by atoms with E-state index in [1.807, 2.05) is 12.1 Å². The van der Waals surface area contributed by atoms with E-state index >= 15 is 0 Å². The van der Waals surface area contributed by atoms with Crippen molar-refractivity contribution in [2.24, 2.45) is 0 Å². The van der Waals surface area contributed by atoms with Gasteiger partial charge in [-0.05, 0) is 42.3 Å². The number of hydrogen-bond acceptors (Lipinski definition) is 2. The van der Waals surface area contributed by atoms with E-state index in [1.165, 1.54) is 0 Å². The summed E-state index contributed by atoms with van der Waals surface area (Å²) in [6.45, 7) is 0. The summed E-state index contributed by atoms with van der Waals surface area (Å²) in [6, 6.07) is 16.4. The first-order valence-electron chi connectivity index (χ1n) is 6.22. The Morgan fingerprint density at radius 2 is 1.95 bits per heavy atom. The van der Waals surface area contributed by atoms with Crippen molar-refractivity contribution < 1.29 is 4.79 Å². The minimum Gasteiger partial charge on any atom is -0.326 e. The monoisotopic (exact) mass is 284 g/mol. The molecule has 100 valence electrons. The van der Waals surface area contributed by atoms with Crippen LogP contribution in [0.5, 0.6) is 0 Å². The van der Waals surface area contributed by atoms with E-state index in [9.17, 15) is 4.79 Å². The van der Waals surface area contributed by atoms with E-state index in [-0.39, 0.29) is 5.91 Å². The van der Waals surface area contributed by atoms with Crippen LogP contribution in [0.15, 0.2) is 48.5 Å². The predicted molar refractivity (Wildman–Crippen MR) is 79.6 cm³/mol. The molecule has 0 unspecified atom stereocenters. The van der Waals surface area contributed by atoms with Crippen LogP contribution in [0.1, 0.15) is 17.5 Å². The second kappa shape index (κ2) is 6.74. The van der Waals surface area contributed by atoms with Crippen molar-refractivity contribution in [1.82, 2.24) is 0 Å². The number of nitriles is 1. The number of rotatable bonds is 4. The molecular formula is C16H13ClN2O. The fraction of sp³-hybridized carbons (Fsp3) is 0.125. The molecule has 0 spiro atoms. The van der Waals surface area contributed by atoms with Crippen molar-refractivity contribution in [2.75, 3.05) is 5.32 Å². The van der Waals surface area contributed by atoms with Gasteiger partial charge in [-0.3, -0.25) is 4.79 Å². The first kappa shape index (κ1) is 14.1. The molecule has 2 aromatic rings. The summed E-state index contributed by atoms with van der Waals surface area (Å²) in [5.41, 5.74) is 2.35. The van der Waals surface area contributed by atoms with Gasteiger partial charge in [-0.1, -0.05) is 29.8 Å². The standard InChI is InChI=1S/C16H13ClN2O/c17-14-2-1-3-15(10-14)19-16(20)9-8-12-4-6-13(11-18)7-5-12/h1-7,10H,8-9H2,(H,19,20). The van der Waals surface area contributed by atoms with E-state index in [4.69, 9.17) is 16.9 Å². The third kappa shape index (κ3) is 4.11. The third-order valence-electron chi connectivity index (χ3n) is 2.83. The van der Waals surface area contributed by atoms with E-state index in [0.717, 1.165) is 5.56 Å². The lowest BCUT2D eigenvalue weighted by Crippen LogP contribution is -2.12. The van der Waals surface area contributed by atoms with Gasteiger partial charge < -0.3 is 5.32 Å². The zero-order chi connectivity index (χ0) is 14.4. The minimum absolute atomic E-state index is 0.0587. The van der Waals surface area contributed by atoms with Crippen molar-refractivity contribution in [3.63, 3.8) is 0 Å². The summed E-state index contributed by atoms with van der Waals surface area (Å²) in [5.74, 6) is -0.0587. The lowest BCUT2D eigenvalue weighted by atomic mass is 10.1. The molecule has 4 heteroatoms. The van der Waals surface area contributed by atoms with Gasteiger partial charge in [-0.25, -0.2) is 0 Å². The Kier molecular flexibility index (Phi) is 4.75. The fourth-order valence-electron chi connectivity index (χ4n) is 1.79. The summed E-state index contributed by atoms with van der Waals surface area (Å²) in [7, 11) is 0. The molecule has 1 amide bonds. The van der Waals surface area contributed by atoms with Crippen molar-refractivity contribution in [2.45, 2.75) is 12.8 Å². The Morgan fingerprint density at radius 3 is 2.60 bits per heavy atom. The van der Waals surface area contributed by atoms with Crippen LogP contribution in [0.3, 0.4) is 0 Å². The molecule has 0 saturated carbocycles. The molecule has 2 rings (SSSR count). The summed E-state index contributed by atoms with van der Waals surface area (Å²) in [4.78, 5) is 11.8. The maximum atomic E-state index is 11.8. The number of carbonyl (C=O) groups is 1. The van der Waals surface area contributed by atoms with Crippen LogP contribution < -0.4 is 5.32 Å². The zero-order valence-electron chi connectivity index (χ0n) is 10.8. The molecule has 0 aliphatic heterocycles. The predicted octanol–water partition coefficient (Wildman–Crippen LogP) is 3.78. The second-order valence-electron chi connectivity index (χ2n) is 4.37. The average molecular weight is 285 g/mol. The molecule has 0 atom stereocenters. The summed E-state index contributed by atoms with van der Waals surface area (Å²) < 4.78 is 0. The highest BCUT2D eigenvalue weighted by Crippen LogP contribution is 2.15. The molecule has 0 bridgehead atoms. The van der Waals surface area contributed by atoms with Crippen molar-refractivity contribution in [3.05, 3.63) is 64.7 Å². The number of carbonyl (C=O) groups excluding carboxylic acids is 1. The molecule has 20 heavy (non-hydrogen) atoms. The molecule has 0 saturated heterocycles. The Bertz CT molecular complexity index is 644. The molecule has 2 aromatic carbocycles. The van der Waals surface area contributed by atoms with Crippen LogP contribution in [-0.4, -0.2) is 5.91 Å². The van der Waals surface area contributed by atoms with Gasteiger partial charge in [-0.15, -0.1) is 0 Å². The summed E-state index contributed by atoms with van der Waals surface area (Å²) in [6.07, 6.45) is 1.02. The Morgan fingerprint density at radius 1 is 1.20 bits per heavy atom. The maximum absolute atomic E-state index is 11.8. The molecular weight excluding hydrogens is 272 g/mol. The zero-order valence-corrected chi connectivity index (χ0v) is 11.5. The van der Waals surface area contributed by atoms with Crippen LogP contribution in [0.4, 0.5) is 5.69 Å². The van der Waals surface area contributed by atoms with Crippen LogP contribution in [-0.2, 0) is 11.2 Å². The number of aryl methyl sites for hydroxylation is 1. The smallest absolute Gasteiger partial charge is 0.224 e. The molecule has 0 aliphatic carbocycles. The number of amides is 1. The topological polar surface area (TPSA) is 52.9 Å². The molecule has 0 aromatic heterocycles. The number of hydrogen-bond donors (Lipinski definition) is 1. The van der Waals surface area contributed by atoms with Crippen LogP contribution in [0.2, 0.25) is 5.02 Å². The van der Waals surface area contributed by atoms with Crippen molar-refractivity contribution >= 4 is 23.2 Å². The summed E-state index contributed by atoms with van der Waals surface area (Å²) in [5, 5.41) is 12.1. The van der Waals surface area contributed by atoms with E-state index in [2.05, 4.69) is 11.4 Å². The Balaban J connectivity index is 1.87. The first-order valence-corrected chi connectivity index (χ1v) is 6.59. The summed E-state index contributed by atoms with van der Waals surface area (Å²) >= 11 is 5.85. The van der Waals surface area contributed by atoms with Gasteiger partial charge in [0.1, 0.15) is 0 Å². The molecule has 1 N–H and O–H groups in total. The van der Waals surface area contributed by atoms with Crippen LogP contribution in [0, 0.1) is 11.3 Å².